The number of hydrogen-bond acceptors (Lipinski definition) is 6. The highest BCUT2D eigenvalue weighted by atomic mass is 35.5. The molecular weight excluding hydrogens is 528 g/mol. The van der Waals surface area contributed by atoms with Gasteiger partial charge in [-0.1, -0.05) is 16.8 Å². The Hall–Kier alpha value is -2.77. The zero-order valence-electron chi connectivity index (χ0n) is 17.1. The number of imidazole rings is 1. The summed E-state index contributed by atoms with van der Waals surface area (Å²) >= 11 is 10.9. The molecule has 15 heteroatoms. The van der Waals surface area contributed by atoms with E-state index in [4.69, 9.17) is 23.2 Å². The molecule has 0 aliphatic carbocycles. The van der Waals surface area contributed by atoms with E-state index in [-0.39, 0.29) is 32.8 Å². The highest BCUT2D eigenvalue weighted by Crippen LogP contribution is 2.35. The van der Waals surface area contributed by atoms with E-state index < -0.39 is 32.7 Å². The first kappa shape index (κ1) is 24.4. The monoisotopic (exact) mass is 539 g/mol. The first-order valence-corrected chi connectivity index (χ1v) is 11.8. The fourth-order valence-corrected chi connectivity index (χ4v) is 5.13. The molecule has 180 valence electrons. The summed E-state index contributed by atoms with van der Waals surface area (Å²) < 4.78 is 88.5. The van der Waals surface area contributed by atoms with Gasteiger partial charge in [-0.25, -0.2) is 9.19 Å². The van der Waals surface area contributed by atoms with E-state index in [0.717, 1.165) is 12.1 Å². The molecule has 1 unspecified atom stereocenters. The van der Waals surface area contributed by atoms with Crippen molar-refractivity contribution < 1.29 is 30.7 Å². The average Bonchev–Trinajstić information content (AvgIpc) is 3.32. The fraction of sp³-hybridized carbons (Fsp3) is 0.211. The lowest BCUT2D eigenvalue weighted by molar-refractivity contribution is -0.137. The van der Waals surface area contributed by atoms with Crippen LogP contribution in [0.15, 0.2) is 50.3 Å². The zero-order chi connectivity index (χ0) is 25.1. The number of pyridine rings is 1. The number of fused-ring (bicyclic) bond motifs is 1. The van der Waals surface area contributed by atoms with Crippen molar-refractivity contribution in [2.45, 2.75) is 23.4 Å². The third-order valence-corrected chi connectivity index (χ3v) is 6.90. The van der Waals surface area contributed by atoms with Crippen LogP contribution in [0.25, 0.3) is 17.0 Å². The van der Waals surface area contributed by atoms with Crippen molar-refractivity contribution in [2.75, 3.05) is 6.26 Å². The second-order valence-electron chi connectivity index (χ2n) is 7.12. The maximum absolute atomic E-state index is 13.3. The van der Waals surface area contributed by atoms with Gasteiger partial charge in [-0.15, -0.1) is 0 Å². The first-order chi connectivity index (χ1) is 15.7. The van der Waals surface area contributed by atoms with Gasteiger partial charge in [0.2, 0.25) is 5.82 Å². The molecular formula is C19H12Cl2F5N5O2S. The Morgan fingerprint density at radius 2 is 1.82 bits per heavy atom. The van der Waals surface area contributed by atoms with Crippen LogP contribution < -0.4 is 0 Å². The number of nitrogens with zero attached hydrogens (tertiary/aromatic N) is 5. The second kappa shape index (κ2) is 8.17. The Balaban J connectivity index is 1.77. The standard InChI is InChI=1S/C19H12Cl2F5N5O2S/c1-9-16(30-34(2,32)13-4-3-11(8-12(13)20)19(24,25)26)31-6-5-10(7-14(31)27-9)15-28-17(33-29-15)18(21,22)23/h3-8H,1-2H3. The van der Waals surface area contributed by atoms with E-state index in [2.05, 4.69) is 24.0 Å². The van der Waals surface area contributed by atoms with Crippen LogP contribution in [0.4, 0.5) is 27.8 Å². The summed E-state index contributed by atoms with van der Waals surface area (Å²) in [5.41, 5.74) is -0.0724. The van der Waals surface area contributed by atoms with Crippen molar-refractivity contribution in [3.05, 3.63) is 58.7 Å². The molecule has 7 nitrogen and oxygen atoms in total. The summed E-state index contributed by atoms with van der Waals surface area (Å²) in [6.07, 6.45) is -1.91. The third-order valence-electron chi connectivity index (χ3n) is 4.62. The van der Waals surface area contributed by atoms with E-state index in [9.17, 15) is 26.2 Å². The van der Waals surface area contributed by atoms with Crippen LogP contribution in [0, 0.1) is 6.92 Å². The maximum Gasteiger partial charge on any atom is 0.416 e. The Morgan fingerprint density at radius 1 is 1.12 bits per heavy atom. The Kier molecular flexibility index (Phi) is 5.85. The summed E-state index contributed by atoms with van der Waals surface area (Å²) in [5.74, 6) is -1.07. The molecule has 1 aromatic carbocycles. The van der Waals surface area contributed by atoms with Crippen LogP contribution in [-0.2, 0) is 21.3 Å². The van der Waals surface area contributed by atoms with Gasteiger partial charge in [0, 0.05) is 18.0 Å². The Labute approximate surface area is 198 Å². The molecule has 0 N–H and O–H groups in total. The number of benzene rings is 1. The number of aromatic nitrogens is 4. The van der Waals surface area contributed by atoms with Crippen molar-refractivity contribution in [2.24, 2.45) is 4.36 Å². The summed E-state index contributed by atoms with van der Waals surface area (Å²) in [4.78, 5) is 7.79. The molecule has 0 bridgehead atoms. The molecule has 4 aromatic rings. The van der Waals surface area contributed by atoms with Gasteiger partial charge in [-0.3, -0.25) is 4.40 Å². The zero-order valence-corrected chi connectivity index (χ0v) is 19.4. The topological polar surface area (TPSA) is 85.7 Å². The first-order valence-electron chi connectivity index (χ1n) is 9.16. The molecule has 1 atom stereocenters. The lowest BCUT2D eigenvalue weighted by atomic mass is 10.2. The van der Waals surface area contributed by atoms with E-state index in [1.807, 2.05) is 0 Å². The normalized spacial score (nSPS) is 14.4. The van der Waals surface area contributed by atoms with Crippen LogP contribution in [-0.4, -0.2) is 30.0 Å². The van der Waals surface area contributed by atoms with Gasteiger partial charge in [-0.05, 0) is 48.9 Å². The van der Waals surface area contributed by atoms with Gasteiger partial charge in [-0.2, -0.15) is 31.3 Å². The van der Waals surface area contributed by atoms with Crippen molar-refractivity contribution in [3.8, 4) is 11.4 Å². The van der Waals surface area contributed by atoms with Crippen LogP contribution >= 0.6 is 23.2 Å². The van der Waals surface area contributed by atoms with E-state index in [0.29, 0.717) is 11.8 Å². The highest BCUT2D eigenvalue weighted by molar-refractivity contribution is 7.93. The lowest BCUT2D eigenvalue weighted by Gasteiger charge is -2.11. The van der Waals surface area contributed by atoms with Gasteiger partial charge in [0.15, 0.2) is 5.82 Å². The van der Waals surface area contributed by atoms with Gasteiger partial charge < -0.3 is 4.52 Å². The third kappa shape index (κ3) is 4.59. The number of halogens is 7. The summed E-state index contributed by atoms with van der Waals surface area (Å²) in [6, 6.07) is 5.39. The molecule has 0 amide bonds. The van der Waals surface area contributed by atoms with E-state index >= 15 is 0 Å². The van der Waals surface area contributed by atoms with Gasteiger partial charge in [0.25, 0.3) is 0 Å². The molecule has 0 saturated heterocycles. The number of rotatable bonds is 4. The van der Waals surface area contributed by atoms with E-state index in [1.54, 1.807) is 6.92 Å². The van der Waals surface area contributed by atoms with Crippen LogP contribution in [0.1, 0.15) is 17.1 Å². The summed E-state index contributed by atoms with van der Waals surface area (Å²) in [5, 5.41) is -0.700. The molecule has 0 spiro atoms. The molecule has 0 radical (unpaired) electrons. The predicted octanol–water partition coefficient (Wildman–Crippen LogP) is 6.44. The molecule has 3 aromatic heterocycles. The summed E-state index contributed by atoms with van der Waals surface area (Å²) in [7, 11) is -3.29. The Bertz CT molecular complexity index is 1530. The van der Waals surface area contributed by atoms with Gasteiger partial charge in [0.1, 0.15) is 5.65 Å². The molecule has 0 aliphatic rings. The van der Waals surface area contributed by atoms with E-state index in [1.165, 1.54) is 29.0 Å². The minimum atomic E-state index is -4.61. The predicted molar refractivity (Wildman–Crippen MR) is 114 cm³/mol. The fourth-order valence-electron chi connectivity index (χ4n) is 3.05. The minimum Gasteiger partial charge on any atom is -0.331 e. The van der Waals surface area contributed by atoms with Crippen molar-refractivity contribution in [1.29, 1.82) is 0 Å². The number of aryl methyl sites for hydroxylation is 1. The molecule has 3 heterocycles. The average molecular weight is 540 g/mol. The molecule has 0 fully saturated rings. The maximum atomic E-state index is 13.3. The van der Waals surface area contributed by atoms with Crippen LogP contribution in [0.3, 0.4) is 0 Å². The smallest absolute Gasteiger partial charge is 0.331 e. The lowest BCUT2D eigenvalue weighted by Crippen LogP contribution is -2.06. The van der Waals surface area contributed by atoms with Gasteiger partial charge in [0.05, 0.1) is 30.9 Å². The minimum absolute atomic E-state index is 0.0746. The number of alkyl halides is 6. The summed E-state index contributed by atoms with van der Waals surface area (Å²) in [6.45, 7) is 1.58. The molecule has 4 rings (SSSR count). The SMILES string of the molecule is Cc1nc2cc(-c3noc(C(F)(F)Cl)n3)ccn2c1N=S(C)(=O)c1ccc(C(F)(F)F)cc1Cl. The highest BCUT2D eigenvalue weighted by Gasteiger charge is 2.36. The van der Waals surface area contributed by atoms with Crippen LogP contribution in [0.5, 0.6) is 0 Å². The largest absolute Gasteiger partial charge is 0.416 e. The molecule has 0 aliphatic heterocycles. The number of hydrogen-bond donors (Lipinski definition) is 0. The van der Waals surface area contributed by atoms with Crippen molar-refractivity contribution in [1.82, 2.24) is 19.5 Å². The van der Waals surface area contributed by atoms with Crippen molar-refractivity contribution >= 4 is 44.4 Å². The second-order valence-corrected chi connectivity index (χ2v) is 10.2. The van der Waals surface area contributed by atoms with Gasteiger partial charge >= 0.3 is 17.4 Å². The molecule has 0 saturated carbocycles. The van der Waals surface area contributed by atoms with Crippen LogP contribution in [0.2, 0.25) is 5.02 Å². The molecule has 34 heavy (non-hydrogen) atoms. The Morgan fingerprint density at radius 3 is 2.41 bits per heavy atom. The quantitative estimate of drug-likeness (QED) is 0.220. The van der Waals surface area contributed by atoms with Crippen molar-refractivity contribution in [3.63, 3.8) is 0 Å².